The first-order chi connectivity index (χ1) is 5.77. The molecule has 0 heterocycles. The quantitative estimate of drug-likeness (QED) is 0.403. The molecule has 0 saturated heterocycles. The third-order valence-electron chi connectivity index (χ3n) is 1.92. The predicted molar refractivity (Wildman–Crippen MR) is 51.7 cm³/mol. The zero-order valence-corrected chi connectivity index (χ0v) is 7.98. The standard InChI is InChI=1S/C11H19F/c1-3-4-5-6-7-8-9-10-11(2)12/h1,11H,4-10H2,2H3. The summed E-state index contributed by atoms with van der Waals surface area (Å²) in [7, 11) is 0. The van der Waals surface area contributed by atoms with Crippen molar-refractivity contribution in [3.63, 3.8) is 0 Å². The summed E-state index contributed by atoms with van der Waals surface area (Å²) in [4.78, 5) is 0. The Bertz CT molecular complexity index is 121. The Morgan fingerprint density at radius 3 is 2.33 bits per heavy atom. The van der Waals surface area contributed by atoms with E-state index in [-0.39, 0.29) is 0 Å². The Labute approximate surface area is 75.6 Å². The largest absolute Gasteiger partial charge is 0.248 e. The number of halogens is 1. The van der Waals surface area contributed by atoms with E-state index in [1.54, 1.807) is 6.92 Å². The summed E-state index contributed by atoms with van der Waals surface area (Å²) >= 11 is 0. The Morgan fingerprint density at radius 2 is 1.75 bits per heavy atom. The molecule has 1 heteroatoms. The Morgan fingerprint density at radius 1 is 1.17 bits per heavy atom. The van der Waals surface area contributed by atoms with Crippen molar-refractivity contribution in [1.29, 1.82) is 0 Å². The minimum Gasteiger partial charge on any atom is -0.248 e. The van der Waals surface area contributed by atoms with Crippen molar-refractivity contribution < 1.29 is 4.39 Å². The zero-order chi connectivity index (χ0) is 9.23. The molecule has 0 saturated carbocycles. The maximum absolute atomic E-state index is 12.3. The minimum atomic E-state index is -0.629. The highest BCUT2D eigenvalue weighted by Gasteiger charge is 1.96. The van der Waals surface area contributed by atoms with Crippen LogP contribution in [0.15, 0.2) is 0 Å². The Kier molecular flexibility index (Phi) is 8.22. The van der Waals surface area contributed by atoms with Gasteiger partial charge in [-0.05, 0) is 19.8 Å². The van der Waals surface area contributed by atoms with Crippen LogP contribution in [0.5, 0.6) is 0 Å². The van der Waals surface area contributed by atoms with Crippen LogP contribution < -0.4 is 0 Å². The molecule has 0 N–H and O–H groups in total. The fourth-order valence-electron chi connectivity index (χ4n) is 1.18. The van der Waals surface area contributed by atoms with Crippen LogP contribution in [0.1, 0.15) is 51.9 Å². The lowest BCUT2D eigenvalue weighted by Crippen LogP contribution is -1.91. The van der Waals surface area contributed by atoms with E-state index in [1.807, 2.05) is 0 Å². The first-order valence-corrected chi connectivity index (χ1v) is 4.85. The van der Waals surface area contributed by atoms with E-state index in [4.69, 9.17) is 6.42 Å². The van der Waals surface area contributed by atoms with Crippen LogP contribution in [0.25, 0.3) is 0 Å². The number of unbranched alkanes of at least 4 members (excludes halogenated alkanes) is 5. The average Bonchev–Trinajstić information content (AvgIpc) is 2.02. The highest BCUT2D eigenvalue weighted by molar-refractivity contribution is 4.82. The van der Waals surface area contributed by atoms with Gasteiger partial charge in [0.25, 0.3) is 0 Å². The third-order valence-corrected chi connectivity index (χ3v) is 1.92. The van der Waals surface area contributed by atoms with Crippen LogP contribution in [-0.4, -0.2) is 6.17 Å². The summed E-state index contributed by atoms with van der Waals surface area (Å²) in [5.41, 5.74) is 0. The molecule has 1 unspecified atom stereocenters. The van der Waals surface area contributed by atoms with Crippen molar-refractivity contribution in [2.75, 3.05) is 0 Å². The molecular weight excluding hydrogens is 151 g/mol. The van der Waals surface area contributed by atoms with Gasteiger partial charge in [-0.25, -0.2) is 4.39 Å². The summed E-state index contributed by atoms with van der Waals surface area (Å²) in [5, 5.41) is 0. The van der Waals surface area contributed by atoms with Gasteiger partial charge in [0.05, 0.1) is 6.17 Å². The molecule has 0 aromatic carbocycles. The average molecular weight is 170 g/mol. The lowest BCUT2D eigenvalue weighted by atomic mass is 10.1. The maximum atomic E-state index is 12.3. The van der Waals surface area contributed by atoms with Gasteiger partial charge in [-0.2, -0.15) is 0 Å². The second kappa shape index (κ2) is 8.59. The van der Waals surface area contributed by atoms with Gasteiger partial charge in [-0.15, -0.1) is 12.3 Å². The highest BCUT2D eigenvalue weighted by Crippen LogP contribution is 2.09. The van der Waals surface area contributed by atoms with Crippen molar-refractivity contribution in [2.45, 2.75) is 58.0 Å². The van der Waals surface area contributed by atoms with E-state index < -0.39 is 6.17 Å². The first-order valence-electron chi connectivity index (χ1n) is 4.85. The zero-order valence-electron chi connectivity index (χ0n) is 7.98. The Balaban J connectivity index is 2.87. The lowest BCUT2D eigenvalue weighted by molar-refractivity contribution is 0.329. The summed E-state index contributed by atoms with van der Waals surface area (Å²) in [6.45, 7) is 1.62. The van der Waals surface area contributed by atoms with Gasteiger partial charge < -0.3 is 0 Å². The van der Waals surface area contributed by atoms with Crippen LogP contribution in [0, 0.1) is 12.3 Å². The van der Waals surface area contributed by atoms with Gasteiger partial charge in [0.1, 0.15) is 0 Å². The molecule has 0 aromatic rings. The van der Waals surface area contributed by atoms with E-state index >= 15 is 0 Å². The molecule has 0 aliphatic carbocycles. The Hall–Kier alpha value is -0.510. The maximum Gasteiger partial charge on any atom is 0.0973 e. The van der Waals surface area contributed by atoms with Crippen molar-refractivity contribution in [3.8, 4) is 12.3 Å². The van der Waals surface area contributed by atoms with Crippen LogP contribution in [0.2, 0.25) is 0 Å². The van der Waals surface area contributed by atoms with Gasteiger partial charge in [0.15, 0.2) is 0 Å². The fraction of sp³-hybridized carbons (Fsp3) is 0.818. The van der Waals surface area contributed by atoms with Gasteiger partial charge in [-0.1, -0.05) is 25.7 Å². The van der Waals surface area contributed by atoms with E-state index in [0.717, 1.165) is 32.1 Å². The molecule has 0 spiro atoms. The van der Waals surface area contributed by atoms with Crippen molar-refractivity contribution in [1.82, 2.24) is 0 Å². The van der Waals surface area contributed by atoms with Crippen molar-refractivity contribution in [3.05, 3.63) is 0 Å². The normalized spacial score (nSPS) is 12.4. The van der Waals surface area contributed by atoms with Crippen LogP contribution in [-0.2, 0) is 0 Å². The number of hydrogen-bond donors (Lipinski definition) is 0. The first kappa shape index (κ1) is 11.5. The molecule has 0 fully saturated rings. The minimum absolute atomic E-state index is 0.629. The summed E-state index contributed by atoms with van der Waals surface area (Å²) in [6.07, 6.45) is 11.8. The van der Waals surface area contributed by atoms with Crippen LogP contribution in [0.3, 0.4) is 0 Å². The van der Waals surface area contributed by atoms with Crippen molar-refractivity contribution >= 4 is 0 Å². The fourth-order valence-corrected chi connectivity index (χ4v) is 1.18. The predicted octanol–water partition coefficient (Wildman–Crippen LogP) is 3.71. The SMILES string of the molecule is C#CCCCCCCCC(C)F. The number of rotatable bonds is 7. The monoisotopic (exact) mass is 170 g/mol. The van der Waals surface area contributed by atoms with E-state index in [1.165, 1.54) is 12.8 Å². The van der Waals surface area contributed by atoms with E-state index in [9.17, 15) is 4.39 Å². The van der Waals surface area contributed by atoms with E-state index in [2.05, 4.69) is 5.92 Å². The van der Waals surface area contributed by atoms with Gasteiger partial charge >= 0.3 is 0 Å². The number of terminal acetylenes is 1. The molecule has 0 bridgehead atoms. The van der Waals surface area contributed by atoms with E-state index in [0.29, 0.717) is 0 Å². The summed E-state index contributed by atoms with van der Waals surface area (Å²) in [6, 6.07) is 0. The molecule has 0 amide bonds. The third kappa shape index (κ3) is 9.49. The van der Waals surface area contributed by atoms with Gasteiger partial charge in [0, 0.05) is 6.42 Å². The highest BCUT2D eigenvalue weighted by atomic mass is 19.1. The molecule has 0 aromatic heterocycles. The molecule has 0 rings (SSSR count). The smallest absolute Gasteiger partial charge is 0.0973 e. The molecular formula is C11H19F. The topological polar surface area (TPSA) is 0 Å². The second-order valence-electron chi connectivity index (χ2n) is 3.29. The molecule has 0 aliphatic heterocycles. The van der Waals surface area contributed by atoms with Gasteiger partial charge in [0.2, 0.25) is 0 Å². The van der Waals surface area contributed by atoms with Crippen molar-refractivity contribution in [2.24, 2.45) is 0 Å². The number of alkyl halides is 1. The molecule has 0 nitrogen and oxygen atoms in total. The van der Waals surface area contributed by atoms with Crippen LogP contribution in [0.4, 0.5) is 4.39 Å². The summed E-state index contributed by atoms with van der Waals surface area (Å²) in [5.74, 6) is 2.62. The molecule has 12 heavy (non-hydrogen) atoms. The molecule has 1 atom stereocenters. The molecule has 0 radical (unpaired) electrons. The second-order valence-corrected chi connectivity index (χ2v) is 3.29. The molecule has 70 valence electrons. The van der Waals surface area contributed by atoms with Gasteiger partial charge in [-0.3, -0.25) is 0 Å². The lowest BCUT2D eigenvalue weighted by Gasteiger charge is -2.00. The summed E-state index contributed by atoms with van der Waals surface area (Å²) < 4.78 is 12.3. The number of hydrogen-bond acceptors (Lipinski definition) is 0. The van der Waals surface area contributed by atoms with Crippen LogP contribution >= 0.6 is 0 Å². The molecule has 0 aliphatic rings.